The Labute approximate surface area is 126 Å². The van der Waals surface area contributed by atoms with Crippen molar-refractivity contribution in [2.45, 2.75) is 56.3 Å². The number of alkyl halides is 3. The maximum Gasteiger partial charge on any atom is 0.401 e. The third-order valence-corrected chi connectivity index (χ3v) is 4.92. The van der Waals surface area contributed by atoms with E-state index in [2.05, 4.69) is 5.32 Å². The maximum absolute atomic E-state index is 12.7. The normalized spacial score (nSPS) is 29.4. The van der Waals surface area contributed by atoms with Crippen molar-refractivity contribution in [1.82, 2.24) is 15.1 Å². The molecule has 2 heterocycles. The predicted molar refractivity (Wildman–Crippen MR) is 72.1 cm³/mol. The minimum atomic E-state index is -4.25. The summed E-state index contributed by atoms with van der Waals surface area (Å²) in [5.74, 6) is -0.240. The van der Waals surface area contributed by atoms with Gasteiger partial charge in [-0.15, -0.1) is 0 Å². The van der Waals surface area contributed by atoms with E-state index >= 15 is 0 Å². The predicted octanol–water partition coefficient (Wildman–Crippen LogP) is 1.88. The van der Waals surface area contributed by atoms with Gasteiger partial charge in [-0.3, -0.25) is 14.6 Å². The van der Waals surface area contributed by atoms with Gasteiger partial charge in [-0.1, -0.05) is 19.3 Å². The number of nitrogens with one attached hydrogen (secondary N) is 1. The van der Waals surface area contributed by atoms with Crippen LogP contribution in [0.2, 0.25) is 0 Å². The summed E-state index contributed by atoms with van der Waals surface area (Å²) in [6.45, 7) is -0.624. The van der Waals surface area contributed by atoms with Crippen LogP contribution in [0.1, 0.15) is 38.5 Å². The van der Waals surface area contributed by atoms with E-state index < -0.39 is 30.3 Å². The highest BCUT2D eigenvalue weighted by atomic mass is 19.4. The summed E-state index contributed by atoms with van der Waals surface area (Å²) < 4.78 is 37.3. The third-order valence-electron chi connectivity index (χ3n) is 4.92. The Kier molecular flexibility index (Phi) is 3.82. The highest BCUT2D eigenvalue weighted by Gasteiger charge is 2.54. The summed E-state index contributed by atoms with van der Waals surface area (Å²) in [6, 6.07) is -0.887. The standard InChI is InChI=1S/C14H20F3N3O2/c15-14(16,17)9-19-7-4-10(8-19)20-11(21)13(18-12(20)22)5-2-1-3-6-13/h10H,1-9H2,(H,18,22). The molecule has 22 heavy (non-hydrogen) atoms. The molecule has 1 N–H and O–H groups in total. The fourth-order valence-electron chi connectivity index (χ4n) is 3.89. The largest absolute Gasteiger partial charge is 0.401 e. The van der Waals surface area contributed by atoms with Gasteiger partial charge in [-0.25, -0.2) is 4.79 Å². The third kappa shape index (κ3) is 2.80. The molecular weight excluding hydrogens is 299 g/mol. The molecule has 3 amide bonds. The Hall–Kier alpha value is -1.31. The molecule has 0 aromatic rings. The van der Waals surface area contributed by atoms with Gasteiger partial charge in [0, 0.05) is 13.1 Å². The molecule has 0 bridgehead atoms. The number of rotatable bonds is 2. The minimum Gasteiger partial charge on any atom is -0.323 e. The van der Waals surface area contributed by atoms with E-state index in [0.717, 1.165) is 19.3 Å². The molecule has 2 aliphatic heterocycles. The molecule has 1 spiro atoms. The van der Waals surface area contributed by atoms with Crippen LogP contribution in [-0.4, -0.2) is 59.1 Å². The number of amides is 3. The zero-order chi connectivity index (χ0) is 16.0. The number of carbonyl (C=O) groups is 2. The van der Waals surface area contributed by atoms with Gasteiger partial charge >= 0.3 is 12.2 Å². The first-order chi connectivity index (χ1) is 10.3. The number of halogens is 3. The smallest absolute Gasteiger partial charge is 0.323 e. The van der Waals surface area contributed by atoms with Gasteiger partial charge < -0.3 is 5.32 Å². The van der Waals surface area contributed by atoms with Crippen molar-refractivity contribution < 1.29 is 22.8 Å². The Morgan fingerprint density at radius 1 is 1.18 bits per heavy atom. The Morgan fingerprint density at radius 2 is 1.86 bits per heavy atom. The molecule has 1 aliphatic carbocycles. The molecule has 1 saturated carbocycles. The summed E-state index contributed by atoms with van der Waals surface area (Å²) >= 11 is 0. The van der Waals surface area contributed by atoms with Gasteiger partial charge in [0.2, 0.25) is 0 Å². The number of likely N-dealkylation sites (tertiary alicyclic amines) is 1. The molecular formula is C14H20F3N3O2. The number of imide groups is 1. The molecule has 5 nitrogen and oxygen atoms in total. The lowest BCUT2D eigenvalue weighted by Crippen LogP contribution is -2.49. The molecule has 0 radical (unpaired) electrons. The van der Waals surface area contributed by atoms with Crippen LogP contribution in [0.3, 0.4) is 0 Å². The molecule has 3 aliphatic rings. The summed E-state index contributed by atoms with van der Waals surface area (Å²) in [5, 5.41) is 2.81. The van der Waals surface area contributed by atoms with Gasteiger partial charge in [0.25, 0.3) is 5.91 Å². The van der Waals surface area contributed by atoms with Crippen LogP contribution in [0.25, 0.3) is 0 Å². The average Bonchev–Trinajstić information content (AvgIpc) is 2.93. The van der Waals surface area contributed by atoms with E-state index in [4.69, 9.17) is 0 Å². The van der Waals surface area contributed by atoms with Crippen molar-refractivity contribution in [2.75, 3.05) is 19.6 Å². The minimum absolute atomic E-state index is 0.106. The fraction of sp³-hybridized carbons (Fsp3) is 0.857. The van der Waals surface area contributed by atoms with Crippen molar-refractivity contribution in [3.63, 3.8) is 0 Å². The quantitative estimate of drug-likeness (QED) is 0.791. The summed E-state index contributed by atoms with van der Waals surface area (Å²) in [7, 11) is 0. The molecule has 1 unspecified atom stereocenters. The van der Waals surface area contributed by atoms with E-state index in [-0.39, 0.29) is 19.0 Å². The first kappa shape index (κ1) is 15.6. The monoisotopic (exact) mass is 319 g/mol. The first-order valence-electron chi connectivity index (χ1n) is 7.76. The Balaban J connectivity index is 1.68. The summed E-state index contributed by atoms with van der Waals surface area (Å²) in [5.41, 5.74) is -0.799. The summed E-state index contributed by atoms with van der Waals surface area (Å²) in [4.78, 5) is 27.3. The van der Waals surface area contributed by atoms with E-state index in [9.17, 15) is 22.8 Å². The molecule has 124 valence electrons. The summed E-state index contributed by atoms with van der Waals surface area (Å²) in [6.07, 6.45) is 0.255. The first-order valence-corrected chi connectivity index (χ1v) is 7.76. The Morgan fingerprint density at radius 3 is 2.50 bits per heavy atom. The van der Waals surface area contributed by atoms with Crippen molar-refractivity contribution in [3.8, 4) is 0 Å². The van der Waals surface area contributed by atoms with Crippen LogP contribution in [0, 0.1) is 0 Å². The SMILES string of the molecule is O=C1NC2(CCCCC2)C(=O)N1C1CCN(CC(F)(F)F)C1. The molecule has 0 aromatic carbocycles. The zero-order valence-electron chi connectivity index (χ0n) is 12.3. The van der Waals surface area contributed by atoms with Crippen molar-refractivity contribution in [3.05, 3.63) is 0 Å². The second kappa shape index (κ2) is 5.40. The van der Waals surface area contributed by atoms with Crippen molar-refractivity contribution in [2.24, 2.45) is 0 Å². The second-order valence-electron chi connectivity index (χ2n) is 6.54. The van der Waals surface area contributed by atoms with E-state index in [0.29, 0.717) is 19.3 Å². The fourth-order valence-corrected chi connectivity index (χ4v) is 3.89. The number of nitrogens with zero attached hydrogens (tertiary/aromatic N) is 2. The second-order valence-corrected chi connectivity index (χ2v) is 6.54. The number of hydrogen-bond donors (Lipinski definition) is 1. The van der Waals surface area contributed by atoms with Gasteiger partial charge in [0.15, 0.2) is 0 Å². The van der Waals surface area contributed by atoms with Gasteiger partial charge in [0.05, 0.1) is 12.6 Å². The zero-order valence-corrected chi connectivity index (χ0v) is 12.3. The van der Waals surface area contributed by atoms with E-state index in [1.54, 1.807) is 0 Å². The molecule has 3 fully saturated rings. The molecule has 3 rings (SSSR count). The van der Waals surface area contributed by atoms with E-state index in [1.165, 1.54) is 9.80 Å². The van der Waals surface area contributed by atoms with Crippen LogP contribution in [0.5, 0.6) is 0 Å². The number of carbonyl (C=O) groups excluding carboxylic acids is 2. The number of urea groups is 1. The van der Waals surface area contributed by atoms with Gasteiger partial charge in [0.1, 0.15) is 5.54 Å². The van der Waals surface area contributed by atoms with Crippen molar-refractivity contribution >= 4 is 11.9 Å². The number of hydrogen-bond acceptors (Lipinski definition) is 3. The lowest BCUT2D eigenvalue weighted by Gasteiger charge is -2.31. The highest BCUT2D eigenvalue weighted by molar-refractivity contribution is 6.07. The Bertz CT molecular complexity index is 474. The molecule has 1 atom stereocenters. The van der Waals surface area contributed by atoms with Crippen molar-refractivity contribution in [1.29, 1.82) is 0 Å². The van der Waals surface area contributed by atoms with Crippen LogP contribution < -0.4 is 5.32 Å². The lowest BCUT2D eigenvalue weighted by atomic mass is 9.81. The average molecular weight is 319 g/mol. The molecule has 0 aromatic heterocycles. The van der Waals surface area contributed by atoms with Crippen LogP contribution in [-0.2, 0) is 4.79 Å². The van der Waals surface area contributed by atoms with Gasteiger partial charge in [-0.05, 0) is 19.3 Å². The van der Waals surface area contributed by atoms with Crippen LogP contribution >= 0.6 is 0 Å². The highest BCUT2D eigenvalue weighted by Crippen LogP contribution is 2.35. The van der Waals surface area contributed by atoms with Crippen LogP contribution in [0.4, 0.5) is 18.0 Å². The molecule has 2 saturated heterocycles. The lowest BCUT2D eigenvalue weighted by molar-refractivity contribution is -0.144. The van der Waals surface area contributed by atoms with E-state index in [1.807, 2.05) is 0 Å². The topological polar surface area (TPSA) is 52.7 Å². The van der Waals surface area contributed by atoms with Crippen LogP contribution in [0.15, 0.2) is 0 Å². The van der Waals surface area contributed by atoms with Gasteiger partial charge in [-0.2, -0.15) is 13.2 Å². The maximum atomic E-state index is 12.7. The molecule has 8 heteroatoms.